The van der Waals surface area contributed by atoms with Crippen molar-refractivity contribution >= 4 is 5.91 Å². The first-order chi connectivity index (χ1) is 7.78. The lowest BCUT2D eigenvalue weighted by molar-refractivity contribution is -0.137. The Balaban J connectivity index is 2.07. The second-order valence-corrected chi connectivity index (χ2v) is 4.87. The molecule has 0 aliphatic carbocycles. The summed E-state index contributed by atoms with van der Waals surface area (Å²) in [6, 6.07) is 0. The maximum absolute atomic E-state index is 12.5. The van der Waals surface area contributed by atoms with Crippen LogP contribution < -0.4 is 5.32 Å². The molecule has 2 aliphatic heterocycles. The molecule has 1 fully saturated rings. The highest BCUT2D eigenvalue weighted by atomic mass is 16.2. The fraction of sp³-hybridized carbons (Fsp3) is 0.769. The fourth-order valence-corrected chi connectivity index (χ4v) is 2.86. The molecule has 1 amide bonds. The van der Waals surface area contributed by atoms with E-state index in [1.165, 1.54) is 0 Å². The lowest BCUT2D eigenvalue weighted by Gasteiger charge is -2.35. The van der Waals surface area contributed by atoms with E-state index in [-0.39, 0.29) is 5.54 Å². The number of amides is 1. The van der Waals surface area contributed by atoms with Crippen LogP contribution in [0.2, 0.25) is 0 Å². The number of carbonyl (C=O) groups is 1. The van der Waals surface area contributed by atoms with Gasteiger partial charge < -0.3 is 10.2 Å². The van der Waals surface area contributed by atoms with Crippen molar-refractivity contribution in [3.63, 3.8) is 0 Å². The topological polar surface area (TPSA) is 32.3 Å². The van der Waals surface area contributed by atoms with E-state index in [1.54, 1.807) is 0 Å². The standard InChI is InChI=1S/C13H22N2O/c1-2-7-13(8-6-9-14-13)12(16)15-10-4-3-5-11-15/h3-4,14H,2,5-11H2,1H3. The van der Waals surface area contributed by atoms with Gasteiger partial charge in [0.25, 0.3) is 0 Å². The van der Waals surface area contributed by atoms with E-state index in [0.717, 1.165) is 51.7 Å². The van der Waals surface area contributed by atoms with E-state index < -0.39 is 0 Å². The average molecular weight is 222 g/mol. The third-order valence-electron chi connectivity index (χ3n) is 3.68. The molecule has 3 nitrogen and oxygen atoms in total. The van der Waals surface area contributed by atoms with Gasteiger partial charge in [0, 0.05) is 13.1 Å². The van der Waals surface area contributed by atoms with Gasteiger partial charge >= 0.3 is 0 Å². The van der Waals surface area contributed by atoms with Gasteiger partial charge in [0.1, 0.15) is 0 Å². The second kappa shape index (κ2) is 5.00. The molecule has 2 aliphatic rings. The molecule has 16 heavy (non-hydrogen) atoms. The summed E-state index contributed by atoms with van der Waals surface area (Å²) in [6.07, 6.45) is 9.48. The molecule has 0 aromatic rings. The predicted molar refractivity (Wildman–Crippen MR) is 65.2 cm³/mol. The average Bonchev–Trinajstić information content (AvgIpc) is 2.80. The Hall–Kier alpha value is -0.830. The van der Waals surface area contributed by atoms with E-state index in [1.807, 2.05) is 4.90 Å². The Morgan fingerprint density at radius 2 is 2.38 bits per heavy atom. The van der Waals surface area contributed by atoms with Crippen molar-refractivity contribution < 1.29 is 4.79 Å². The summed E-state index contributed by atoms with van der Waals surface area (Å²) in [7, 11) is 0. The highest BCUT2D eigenvalue weighted by molar-refractivity contribution is 5.87. The number of rotatable bonds is 3. The minimum absolute atomic E-state index is 0.236. The van der Waals surface area contributed by atoms with E-state index in [0.29, 0.717) is 5.91 Å². The Bertz CT molecular complexity index is 280. The minimum Gasteiger partial charge on any atom is -0.337 e. The van der Waals surface area contributed by atoms with Gasteiger partial charge in [0.05, 0.1) is 5.54 Å². The summed E-state index contributed by atoms with van der Waals surface area (Å²) < 4.78 is 0. The lowest BCUT2D eigenvalue weighted by Crippen LogP contribution is -2.55. The summed E-state index contributed by atoms with van der Waals surface area (Å²) in [5.74, 6) is 0.330. The van der Waals surface area contributed by atoms with Crippen molar-refractivity contribution in [3.05, 3.63) is 12.2 Å². The fourth-order valence-electron chi connectivity index (χ4n) is 2.86. The molecule has 2 rings (SSSR count). The lowest BCUT2D eigenvalue weighted by atomic mass is 9.90. The summed E-state index contributed by atoms with van der Waals surface area (Å²) >= 11 is 0. The second-order valence-electron chi connectivity index (χ2n) is 4.87. The zero-order chi connectivity index (χ0) is 11.4. The van der Waals surface area contributed by atoms with Crippen molar-refractivity contribution in [2.75, 3.05) is 19.6 Å². The monoisotopic (exact) mass is 222 g/mol. The number of carbonyl (C=O) groups excluding carboxylic acids is 1. The first kappa shape index (κ1) is 11.6. The molecular weight excluding hydrogens is 200 g/mol. The maximum Gasteiger partial charge on any atom is 0.243 e. The summed E-state index contributed by atoms with van der Waals surface area (Å²) in [5.41, 5.74) is -0.236. The van der Waals surface area contributed by atoms with E-state index >= 15 is 0 Å². The third kappa shape index (κ3) is 2.14. The summed E-state index contributed by atoms with van der Waals surface area (Å²) in [6.45, 7) is 4.84. The highest BCUT2D eigenvalue weighted by Gasteiger charge is 2.42. The molecule has 3 heteroatoms. The van der Waals surface area contributed by atoms with Gasteiger partial charge in [-0.25, -0.2) is 0 Å². The summed E-state index contributed by atoms with van der Waals surface area (Å²) in [4.78, 5) is 14.5. The molecule has 0 radical (unpaired) electrons. The zero-order valence-electron chi connectivity index (χ0n) is 10.2. The van der Waals surface area contributed by atoms with Crippen LogP contribution in [-0.2, 0) is 4.79 Å². The minimum atomic E-state index is -0.236. The molecule has 90 valence electrons. The quantitative estimate of drug-likeness (QED) is 0.737. The van der Waals surface area contributed by atoms with Gasteiger partial charge in [-0.1, -0.05) is 25.5 Å². The number of hydrogen-bond donors (Lipinski definition) is 1. The molecule has 1 saturated heterocycles. The van der Waals surface area contributed by atoms with Crippen LogP contribution >= 0.6 is 0 Å². The smallest absolute Gasteiger partial charge is 0.243 e. The van der Waals surface area contributed by atoms with Gasteiger partial charge in [-0.2, -0.15) is 0 Å². The largest absolute Gasteiger partial charge is 0.337 e. The Morgan fingerprint density at radius 3 is 2.94 bits per heavy atom. The zero-order valence-corrected chi connectivity index (χ0v) is 10.2. The molecular formula is C13H22N2O. The molecule has 1 N–H and O–H groups in total. The van der Waals surface area contributed by atoms with Crippen molar-refractivity contribution in [3.8, 4) is 0 Å². The normalized spacial score (nSPS) is 29.7. The Morgan fingerprint density at radius 1 is 1.50 bits per heavy atom. The van der Waals surface area contributed by atoms with Crippen molar-refractivity contribution in [2.45, 2.75) is 44.6 Å². The van der Waals surface area contributed by atoms with E-state index in [2.05, 4.69) is 24.4 Å². The molecule has 0 aromatic carbocycles. The number of nitrogens with one attached hydrogen (secondary N) is 1. The van der Waals surface area contributed by atoms with E-state index in [4.69, 9.17) is 0 Å². The van der Waals surface area contributed by atoms with Gasteiger partial charge in [-0.3, -0.25) is 4.79 Å². The van der Waals surface area contributed by atoms with Crippen LogP contribution in [-0.4, -0.2) is 36.0 Å². The van der Waals surface area contributed by atoms with Gasteiger partial charge in [0.2, 0.25) is 5.91 Å². The van der Waals surface area contributed by atoms with Crippen LogP contribution in [0.1, 0.15) is 39.0 Å². The van der Waals surface area contributed by atoms with Crippen LogP contribution in [0, 0.1) is 0 Å². The van der Waals surface area contributed by atoms with Crippen LogP contribution in [0.25, 0.3) is 0 Å². The van der Waals surface area contributed by atoms with Crippen LogP contribution in [0.3, 0.4) is 0 Å². The van der Waals surface area contributed by atoms with Gasteiger partial charge in [-0.05, 0) is 32.2 Å². The van der Waals surface area contributed by atoms with Crippen LogP contribution in [0.5, 0.6) is 0 Å². The maximum atomic E-state index is 12.5. The van der Waals surface area contributed by atoms with Crippen LogP contribution in [0.15, 0.2) is 12.2 Å². The van der Waals surface area contributed by atoms with Crippen molar-refractivity contribution in [1.29, 1.82) is 0 Å². The number of nitrogens with zero attached hydrogens (tertiary/aromatic N) is 1. The third-order valence-corrected chi connectivity index (χ3v) is 3.68. The first-order valence-corrected chi connectivity index (χ1v) is 6.48. The molecule has 0 bridgehead atoms. The predicted octanol–water partition coefficient (Wildman–Crippen LogP) is 1.70. The van der Waals surface area contributed by atoms with Crippen molar-refractivity contribution in [2.24, 2.45) is 0 Å². The Kier molecular flexibility index (Phi) is 3.64. The van der Waals surface area contributed by atoms with Crippen molar-refractivity contribution in [1.82, 2.24) is 10.2 Å². The highest BCUT2D eigenvalue weighted by Crippen LogP contribution is 2.27. The Labute approximate surface area is 97.9 Å². The number of hydrogen-bond acceptors (Lipinski definition) is 2. The molecule has 1 unspecified atom stereocenters. The molecule has 1 atom stereocenters. The molecule has 2 heterocycles. The van der Waals surface area contributed by atoms with E-state index in [9.17, 15) is 4.79 Å². The molecule has 0 saturated carbocycles. The SMILES string of the molecule is CCCC1(C(=O)N2CC=CCC2)CCCN1. The molecule has 0 aromatic heterocycles. The van der Waals surface area contributed by atoms with Gasteiger partial charge in [0.15, 0.2) is 0 Å². The van der Waals surface area contributed by atoms with Gasteiger partial charge in [-0.15, -0.1) is 0 Å². The first-order valence-electron chi connectivity index (χ1n) is 6.48. The van der Waals surface area contributed by atoms with Crippen LogP contribution in [0.4, 0.5) is 0 Å². The molecule has 0 spiro atoms. The summed E-state index contributed by atoms with van der Waals surface area (Å²) in [5, 5.41) is 3.45.